The molecule has 4 atom stereocenters. The molecule has 0 aromatic rings. The van der Waals surface area contributed by atoms with Gasteiger partial charge in [0.05, 0.1) is 24.2 Å². The second-order valence-corrected chi connectivity index (χ2v) is 8.67. The lowest BCUT2D eigenvalue weighted by Gasteiger charge is -2.31. The van der Waals surface area contributed by atoms with E-state index in [2.05, 4.69) is 20.8 Å². The smallest absolute Gasteiger partial charge is 0.323 e. The first-order valence-corrected chi connectivity index (χ1v) is 10.2. The van der Waals surface area contributed by atoms with E-state index in [1.165, 1.54) is 0 Å². The van der Waals surface area contributed by atoms with Gasteiger partial charge in [-0.1, -0.05) is 27.2 Å². The van der Waals surface area contributed by atoms with Gasteiger partial charge in [-0.2, -0.15) is 0 Å². The first-order chi connectivity index (χ1) is 12.4. The average molecular weight is 388 g/mol. The Morgan fingerprint density at radius 1 is 0.963 bits per heavy atom. The number of nitrogens with two attached hydrogens (primary N) is 1. The summed E-state index contributed by atoms with van der Waals surface area (Å²) in [7, 11) is 0. The van der Waals surface area contributed by atoms with Crippen LogP contribution in [0.3, 0.4) is 0 Å². The number of esters is 2. The third-order valence-corrected chi connectivity index (χ3v) is 4.14. The van der Waals surface area contributed by atoms with Crippen LogP contribution in [0.1, 0.15) is 87.5 Å². The Kier molecular flexibility index (Phi) is 11.8. The van der Waals surface area contributed by atoms with Crippen molar-refractivity contribution in [3.05, 3.63) is 0 Å². The van der Waals surface area contributed by atoms with Gasteiger partial charge in [0.15, 0.2) is 0 Å². The Hall–Kier alpha value is -1.14. The summed E-state index contributed by atoms with van der Waals surface area (Å²) < 4.78 is 16.7. The molecule has 0 aliphatic rings. The molecule has 0 heterocycles. The van der Waals surface area contributed by atoms with Crippen molar-refractivity contribution in [2.24, 2.45) is 11.7 Å². The molecule has 2 N–H and O–H groups in total. The zero-order valence-electron chi connectivity index (χ0n) is 18.5. The molecule has 0 radical (unpaired) electrons. The zero-order valence-corrected chi connectivity index (χ0v) is 18.5. The summed E-state index contributed by atoms with van der Waals surface area (Å²) in [4.78, 5) is 24.1. The fourth-order valence-electron chi connectivity index (χ4n) is 3.33. The van der Waals surface area contributed by atoms with E-state index in [0.717, 1.165) is 19.3 Å². The van der Waals surface area contributed by atoms with Crippen LogP contribution in [-0.4, -0.2) is 41.9 Å². The van der Waals surface area contributed by atoms with Gasteiger partial charge in [0, 0.05) is 6.42 Å². The summed E-state index contributed by atoms with van der Waals surface area (Å²) >= 11 is 0. The highest BCUT2D eigenvalue weighted by atomic mass is 16.6. The first-order valence-electron chi connectivity index (χ1n) is 10.2. The van der Waals surface area contributed by atoms with E-state index in [9.17, 15) is 9.59 Å². The van der Waals surface area contributed by atoms with Gasteiger partial charge in [0.2, 0.25) is 0 Å². The molecule has 0 rings (SSSR count). The third-order valence-electron chi connectivity index (χ3n) is 4.14. The SMILES string of the molecule is CCCC(C)OC(C)(C)CC(C)OC(=O)CC(N)C(=O)OC(C)CC(C)C. The molecule has 0 aliphatic heterocycles. The van der Waals surface area contributed by atoms with Gasteiger partial charge in [-0.3, -0.25) is 9.59 Å². The number of carbonyl (C=O) groups is 2. The van der Waals surface area contributed by atoms with Crippen LogP contribution in [-0.2, 0) is 23.8 Å². The Bertz CT molecular complexity index is 450. The molecule has 0 saturated carbocycles. The minimum Gasteiger partial charge on any atom is -0.462 e. The normalized spacial score (nSPS) is 16.5. The Labute approximate surface area is 165 Å². The van der Waals surface area contributed by atoms with Crippen molar-refractivity contribution >= 4 is 11.9 Å². The Balaban J connectivity index is 4.37. The topological polar surface area (TPSA) is 87.9 Å². The highest BCUT2D eigenvalue weighted by molar-refractivity contribution is 5.82. The number of ether oxygens (including phenoxy) is 3. The molecule has 160 valence electrons. The van der Waals surface area contributed by atoms with Crippen LogP contribution in [0.2, 0.25) is 0 Å². The van der Waals surface area contributed by atoms with E-state index in [4.69, 9.17) is 19.9 Å². The van der Waals surface area contributed by atoms with E-state index in [0.29, 0.717) is 12.3 Å². The molecule has 6 heteroatoms. The molecular formula is C21H41NO5. The monoisotopic (exact) mass is 387 g/mol. The summed E-state index contributed by atoms with van der Waals surface area (Å²) in [6.45, 7) is 15.9. The average Bonchev–Trinajstić information content (AvgIpc) is 2.44. The van der Waals surface area contributed by atoms with Crippen molar-refractivity contribution in [1.82, 2.24) is 0 Å². The molecule has 4 unspecified atom stereocenters. The predicted octanol–water partition coefficient (Wildman–Crippen LogP) is 3.99. The fourth-order valence-corrected chi connectivity index (χ4v) is 3.33. The minimum atomic E-state index is -1.01. The highest BCUT2D eigenvalue weighted by Gasteiger charge is 2.27. The molecule has 0 saturated heterocycles. The molecule has 0 bridgehead atoms. The molecular weight excluding hydrogens is 346 g/mol. The third kappa shape index (κ3) is 12.8. The van der Waals surface area contributed by atoms with Gasteiger partial charge < -0.3 is 19.9 Å². The highest BCUT2D eigenvalue weighted by Crippen LogP contribution is 2.22. The second kappa shape index (κ2) is 12.3. The van der Waals surface area contributed by atoms with Crippen LogP contribution in [0.4, 0.5) is 0 Å². The van der Waals surface area contributed by atoms with Crippen molar-refractivity contribution in [2.45, 2.75) is 117 Å². The second-order valence-electron chi connectivity index (χ2n) is 8.67. The lowest BCUT2D eigenvalue weighted by atomic mass is 10.0. The van der Waals surface area contributed by atoms with Gasteiger partial charge >= 0.3 is 11.9 Å². The maximum absolute atomic E-state index is 12.1. The van der Waals surface area contributed by atoms with Crippen LogP contribution in [0.25, 0.3) is 0 Å². The van der Waals surface area contributed by atoms with E-state index >= 15 is 0 Å². The largest absolute Gasteiger partial charge is 0.462 e. The maximum Gasteiger partial charge on any atom is 0.323 e. The zero-order chi connectivity index (χ0) is 21.2. The van der Waals surface area contributed by atoms with Crippen molar-refractivity contribution in [3.63, 3.8) is 0 Å². The molecule has 0 spiro atoms. The molecule has 6 nitrogen and oxygen atoms in total. The van der Waals surface area contributed by atoms with E-state index < -0.39 is 23.6 Å². The number of carbonyl (C=O) groups excluding carboxylic acids is 2. The molecule has 0 amide bonds. The van der Waals surface area contributed by atoms with Crippen molar-refractivity contribution in [1.29, 1.82) is 0 Å². The first kappa shape index (κ1) is 25.9. The summed E-state index contributed by atoms with van der Waals surface area (Å²) in [6, 6.07) is -1.01. The summed E-state index contributed by atoms with van der Waals surface area (Å²) in [5.74, 6) is -0.647. The molecule has 0 aliphatic carbocycles. The minimum absolute atomic E-state index is 0.156. The molecule has 0 aromatic carbocycles. The van der Waals surface area contributed by atoms with Gasteiger partial charge in [-0.15, -0.1) is 0 Å². The van der Waals surface area contributed by atoms with Crippen LogP contribution in [0, 0.1) is 5.92 Å². The standard InChI is InChI=1S/C21H41NO5/c1-9-10-15(4)27-21(7,8)13-17(6)25-19(23)12-18(22)20(24)26-16(5)11-14(2)3/h14-18H,9-13,22H2,1-8H3. The van der Waals surface area contributed by atoms with Crippen molar-refractivity contribution < 1.29 is 23.8 Å². The van der Waals surface area contributed by atoms with Crippen molar-refractivity contribution in [3.8, 4) is 0 Å². The van der Waals surface area contributed by atoms with Gasteiger partial charge in [-0.25, -0.2) is 0 Å². The van der Waals surface area contributed by atoms with Gasteiger partial charge in [0.1, 0.15) is 12.1 Å². The number of hydrogen-bond donors (Lipinski definition) is 1. The fraction of sp³-hybridized carbons (Fsp3) is 0.905. The van der Waals surface area contributed by atoms with E-state index in [1.807, 2.05) is 34.6 Å². The Morgan fingerprint density at radius 2 is 1.56 bits per heavy atom. The van der Waals surface area contributed by atoms with Crippen LogP contribution in [0.15, 0.2) is 0 Å². The van der Waals surface area contributed by atoms with Crippen LogP contribution >= 0.6 is 0 Å². The van der Waals surface area contributed by atoms with Crippen LogP contribution in [0.5, 0.6) is 0 Å². The number of rotatable bonds is 13. The van der Waals surface area contributed by atoms with E-state index in [-0.39, 0.29) is 24.7 Å². The lowest BCUT2D eigenvalue weighted by molar-refractivity contribution is -0.159. The molecule has 27 heavy (non-hydrogen) atoms. The lowest BCUT2D eigenvalue weighted by Crippen LogP contribution is -2.38. The number of hydrogen-bond acceptors (Lipinski definition) is 6. The van der Waals surface area contributed by atoms with Crippen molar-refractivity contribution in [2.75, 3.05) is 0 Å². The van der Waals surface area contributed by atoms with Crippen LogP contribution < -0.4 is 5.73 Å². The quantitative estimate of drug-likeness (QED) is 0.481. The summed E-state index contributed by atoms with van der Waals surface area (Å²) in [5, 5.41) is 0. The van der Waals surface area contributed by atoms with Gasteiger partial charge in [0.25, 0.3) is 0 Å². The Morgan fingerprint density at radius 3 is 2.07 bits per heavy atom. The molecule has 0 aromatic heterocycles. The predicted molar refractivity (Wildman–Crippen MR) is 107 cm³/mol. The molecule has 0 fully saturated rings. The maximum atomic E-state index is 12.1. The summed E-state index contributed by atoms with van der Waals surface area (Å²) in [6.07, 6.45) is 2.79. The van der Waals surface area contributed by atoms with E-state index in [1.54, 1.807) is 0 Å². The summed E-state index contributed by atoms with van der Waals surface area (Å²) in [5.41, 5.74) is 5.40. The van der Waals surface area contributed by atoms with Gasteiger partial charge in [-0.05, 0) is 53.4 Å².